The van der Waals surface area contributed by atoms with Gasteiger partial charge in [0.15, 0.2) is 0 Å². The van der Waals surface area contributed by atoms with Gasteiger partial charge in [-0.05, 0) is 73.9 Å². The summed E-state index contributed by atoms with van der Waals surface area (Å²) in [5.41, 5.74) is 2.38. The number of rotatable bonds is 4. The topological polar surface area (TPSA) is 43.8 Å². The van der Waals surface area contributed by atoms with E-state index < -0.39 is 0 Å². The molecule has 0 aromatic heterocycles. The van der Waals surface area contributed by atoms with E-state index in [1.165, 1.54) is 24.0 Å². The molecule has 4 nitrogen and oxygen atoms in total. The number of carbonyl (C=O) groups is 1. The van der Waals surface area contributed by atoms with Gasteiger partial charge >= 0.3 is 0 Å². The van der Waals surface area contributed by atoms with Gasteiger partial charge in [0, 0.05) is 50.1 Å². The third kappa shape index (κ3) is 6.07. The molecule has 194 valence electrons. The molecule has 0 saturated carbocycles. The zero-order valence-electron chi connectivity index (χ0n) is 20.2. The maximum absolute atomic E-state index is 11.6. The van der Waals surface area contributed by atoms with E-state index in [1.807, 2.05) is 36.4 Å². The van der Waals surface area contributed by atoms with Gasteiger partial charge in [-0.25, -0.2) is 0 Å². The van der Waals surface area contributed by atoms with Crippen molar-refractivity contribution in [2.45, 2.75) is 94.7 Å². The van der Waals surface area contributed by atoms with Gasteiger partial charge in [0.2, 0.25) is 0 Å². The Morgan fingerprint density at radius 3 is 1.53 bits per heavy atom. The fraction of sp³-hybridized carbons (Fsp3) is 0.536. The summed E-state index contributed by atoms with van der Waals surface area (Å²) in [4.78, 5) is 16.5. The minimum atomic E-state index is -0.104. The van der Waals surface area contributed by atoms with E-state index >= 15 is 0 Å². The smallest absolute Gasteiger partial charge is 0.136 e. The van der Waals surface area contributed by atoms with Gasteiger partial charge in [-0.3, -0.25) is 14.6 Å². The Morgan fingerprint density at radius 2 is 1.08 bits per heavy atom. The summed E-state index contributed by atoms with van der Waals surface area (Å²) in [6, 6.07) is 13.6. The van der Waals surface area contributed by atoms with Crippen molar-refractivity contribution in [1.29, 1.82) is 0 Å². The Labute approximate surface area is 233 Å². The molecule has 4 saturated heterocycles. The van der Waals surface area contributed by atoms with Crippen molar-refractivity contribution < 1.29 is 9.90 Å². The van der Waals surface area contributed by atoms with Gasteiger partial charge in [-0.1, -0.05) is 58.5 Å². The molecule has 4 bridgehead atoms. The van der Waals surface area contributed by atoms with E-state index in [2.05, 4.69) is 9.80 Å². The van der Waals surface area contributed by atoms with E-state index in [-0.39, 0.29) is 6.10 Å². The van der Waals surface area contributed by atoms with Crippen molar-refractivity contribution in [1.82, 2.24) is 9.80 Å². The van der Waals surface area contributed by atoms with Crippen LogP contribution in [0, 0.1) is 0 Å². The number of nitrogens with zero attached hydrogens (tertiary/aromatic N) is 2. The van der Waals surface area contributed by atoms with Crippen LogP contribution in [0.2, 0.25) is 20.1 Å². The van der Waals surface area contributed by atoms with Gasteiger partial charge in [-0.2, -0.15) is 0 Å². The van der Waals surface area contributed by atoms with Crippen LogP contribution in [0.15, 0.2) is 36.4 Å². The molecule has 1 N–H and O–H groups in total. The summed E-state index contributed by atoms with van der Waals surface area (Å²) in [5, 5.41) is 12.2. The van der Waals surface area contributed by atoms with Crippen LogP contribution in [0.5, 0.6) is 0 Å². The number of ketones is 1. The normalized spacial score (nSPS) is 29.8. The number of aliphatic hydroxyl groups is 1. The number of aliphatic hydroxyl groups excluding tert-OH is 1. The molecule has 0 radical (unpaired) electrons. The van der Waals surface area contributed by atoms with Crippen LogP contribution >= 0.6 is 46.4 Å². The first-order chi connectivity index (χ1) is 17.3. The quantitative estimate of drug-likeness (QED) is 0.424. The van der Waals surface area contributed by atoms with Gasteiger partial charge in [0.05, 0.1) is 26.2 Å². The average molecular weight is 570 g/mol. The Bertz CT molecular complexity index is 1080. The lowest BCUT2D eigenvalue weighted by atomic mass is 9.99. The zero-order chi connectivity index (χ0) is 25.4. The molecule has 36 heavy (non-hydrogen) atoms. The Morgan fingerprint density at radius 1 is 0.667 bits per heavy atom. The molecule has 4 aliphatic rings. The standard InChI is InChI=1S/C14H17Cl2NO.C14H15Cl2NO/c2*15-13-4-1-9(5-14(13)16)8-17-10-2-3-11(17)7-12(18)6-10/h1,4-5,10-12,18H,2-3,6-8H2;1,4-5,10-11H,2-3,6-8H2/t10-,11+,12?;. The molecular formula is C28H32Cl4N2O2. The zero-order valence-corrected chi connectivity index (χ0v) is 23.2. The fourth-order valence-electron chi connectivity index (χ4n) is 6.52. The Hall–Kier alpha value is -0.850. The number of benzene rings is 2. The van der Waals surface area contributed by atoms with Gasteiger partial charge in [0.1, 0.15) is 5.78 Å². The monoisotopic (exact) mass is 568 g/mol. The highest BCUT2D eigenvalue weighted by molar-refractivity contribution is 6.42. The number of hydrogen-bond acceptors (Lipinski definition) is 4. The van der Waals surface area contributed by atoms with Crippen LogP contribution in [0.3, 0.4) is 0 Å². The van der Waals surface area contributed by atoms with Crippen molar-refractivity contribution in [2.24, 2.45) is 0 Å². The summed E-state index contributed by atoms with van der Waals surface area (Å²) < 4.78 is 0. The highest BCUT2D eigenvalue weighted by Crippen LogP contribution is 2.38. The van der Waals surface area contributed by atoms with Crippen LogP contribution in [-0.4, -0.2) is 51.0 Å². The van der Waals surface area contributed by atoms with Crippen molar-refractivity contribution in [3.63, 3.8) is 0 Å². The lowest BCUT2D eigenvalue weighted by Gasteiger charge is -2.37. The molecule has 8 heteroatoms. The third-order valence-corrected chi connectivity index (χ3v) is 9.73. The lowest BCUT2D eigenvalue weighted by molar-refractivity contribution is -0.123. The highest BCUT2D eigenvalue weighted by Gasteiger charge is 2.40. The van der Waals surface area contributed by atoms with Crippen LogP contribution in [0.1, 0.15) is 62.5 Å². The number of hydrogen-bond donors (Lipinski definition) is 1. The predicted molar refractivity (Wildman–Crippen MR) is 147 cm³/mol. The minimum absolute atomic E-state index is 0.104. The number of halogens is 4. The van der Waals surface area contributed by atoms with Gasteiger partial charge in [-0.15, -0.1) is 0 Å². The first-order valence-corrected chi connectivity index (χ1v) is 14.4. The summed E-state index contributed by atoms with van der Waals surface area (Å²) in [7, 11) is 0. The molecule has 0 aliphatic carbocycles. The molecule has 4 fully saturated rings. The van der Waals surface area contributed by atoms with Crippen LogP contribution in [0.4, 0.5) is 0 Å². The number of piperidine rings is 2. The molecule has 0 spiro atoms. The van der Waals surface area contributed by atoms with E-state index in [4.69, 9.17) is 46.4 Å². The van der Waals surface area contributed by atoms with E-state index in [0.29, 0.717) is 50.0 Å². The van der Waals surface area contributed by atoms with Crippen LogP contribution in [0.25, 0.3) is 0 Å². The van der Waals surface area contributed by atoms with E-state index in [1.54, 1.807) is 0 Å². The number of Topliss-reactive ketones (excluding diaryl/α,β-unsaturated/α-hetero) is 1. The van der Waals surface area contributed by atoms with Crippen molar-refractivity contribution in [2.75, 3.05) is 0 Å². The third-order valence-electron chi connectivity index (χ3n) is 8.26. The van der Waals surface area contributed by atoms with Crippen molar-refractivity contribution in [3.05, 3.63) is 67.6 Å². The predicted octanol–water partition coefficient (Wildman–Crippen LogP) is 7.17. The largest absolute Gasteiger partial charge is 0.393 e. The summed E-state index contributed by atoms with van der Waals surface area (Å²) in [6.07, 6.45) is 7.89. The number of fused-ring (bicyclic) bond motifs is 4. The maximum atomic E-state index is 11.6. The highest BCUT2D eigenvalue weighted by atomic mass is 35.5. The summed E-state index contributed by atoms with van der Waals surface area (Å²) in [6.45, 7) is 1.79. The molecular weight excluding hydrogens is 538 g/mol. The average Bonchev–Trinajstić information content (AvgIpc) is 3.20. The maximum Gasteiger partial charge on any atom is 0.136 e. The fourth-order valence-corrected chi connectivity index (χ4v) is 7.16. The Balaban J connectivity index is 0.000000148. The summed E-state index contributed by atoms with van der Waals surface area (Å²) in [5.74, 6) is 0.424. The van der Waals surface area contributed by atoms with Crippen LogP contribution in [-0.2, 0) is 17.9 Å². The van der Waals surface area contributed by atoms with Crippen LogP contribution < -0.4 is 0 Å². The van der Waals surface area contributed by atoms with E-state index in [0.717, 1.165) is 51.6 Å². The minimum Gasteiger partial charge on any atom is -0.393 e. The molecule has 4 heterocycles. The second kappa shape index (κ2) is 11.5. The summed E-state index contributed by atoms with van der Waals surface area (Å²) >= 11 is 23.9. The molecule has 4 aliphatic heterocycles. The second-order valence-corrected chi connectivity index (χ2v) is 12.3. The molecule has 2 aromatic rings. The Kier molecular flexibility index (Phi) is 8.54. The van der Waals surface area contributed by atoms with Gasteiger partial charge < -0.3 is 5.11 Å². The number of carbonyl (C=O) groups excluding carboxylic acids is 1. The van der Waals surface area contributed by atoms with Gasteiger partial charge in [0.25, 0.3) is 0 Å². The first kappa shape index (κ1) is 26.7. The molecule has 5 atom stereocenters. The first-order valence-electron chi connectivity index (χ1n) is 12.9. The molecule has 0 amide bonds. The molecule has 3 unspecified atom stereocenters. The lowest BCUT2D eigenvalue weighted by Crippen LogP contribution is -2.44. The van der Waals surface area contributed by atoms with Crippen molar-refractivity contribution in [3.8, 4) is 0 Å². The molecule has 2 aromatic carbocycles. The van der Waals surface area contributed by atoms with Crippen molar-refractivity contribution >= 4 is 52.2 Å². The SMILES string of the molecule is O=C1CC2CCC(C1)N2Cc1ccc(Cl)c(Cl)c1.OC1C[C@H]2CC[C@@H](C1)N2Cc1ccc(Cl)c(Cl)c1. The van der Waals surface area contributed by atoms with E-state index in [9.17, 15) is 9.90 Å². The molecule has 6 rings (SSSR count). The second-order valence-electron chi connectivity index (χ2n) is 10.7.